The van der Waals surface area contributed by atoms with E-state index in [1.807, 2.05) is 0 Å². The average molecular weight is 375 g/mol. The maximum Gasteiger partial charge on any atom is 0.341 e. The summed E-state index contributed by atoms with van der Waals surface area (Å²) in [6.45, 7) is 1.66. The fourth-order valence-electron chi connectivity index (χ4n) is 2.96. The first-order chi connectivity index (χ1) is 12.5. The lowest BCUT2D eigenvalue weighted by atomic mass is 10.1. The van der Waals surface area contributed by atoms with Gasteiger partial charge in [-0.1, -0.05) is 6.07 Å². The van der Waals surface area contributed by atoms with Crippen LogP contribution >= 0.6 is 11.3 Å². The van der Waals surface area contributed by atoms with Gasteiger partial charge in [0, 0.05) is 10.9 Å². The van der Waals surface area contributed by atoms with Crippen LogP contribution in [0, 0.1) is 0 Å². The third-order valence-electron chi connectivity index (χ3n) is 4.27. The zero-order valence-electron chi connectivity index (χ0n) is 15.0. The van der Waals surface area contributed by atoms with E-state index in [1.54, 1.807) is 38.3 Å². The molecule has 1 aromatic carbocycles. The van der Waals surface area contributed by atoms with Crippen molar-refractivity contribution in [3.63, 3.8) is 0 Å². The zero-order chi connectivity index (χ0) is 18.7. The third-order valence-corrected chi connectivity index (χ3v) is 5.48. The number of ether oxygens (including phenoxy) is 3. The minimum Gasteiger partial charge on any atom is -0.497 e. The van der Waals surface area contributed by atoms with E-state index in [2.05, 4.69) is 5.32 Å². The van der Waals surface area contributed by atoms with Crippen LogP contribution in [-0.2, 0) is 22.4 Å². The molecule has 1 aromatic heterocycles. The first-order valence-corrected chi connectivity index (χ1v) is 9.19. The molecule has 0 bridgehead atoms. The molecule has 138 valence electrons. The Labute approximate surface area is 156 Å². The molecule has 1 unspecified atom stereocenters. The van der Waals surface area contributed by atoms with E-state index in [-0.39, 0.29) is 5.91 Å². The smallest absolute Gasteiger partial charge is 0.341 e. The topological polar surface area (TPSA) is 73.9 Å². The van der Waals surface area contributed by atoms with E-state index in [1.165, 1.54) is 18.4 Å². The number of methoxy groups -OCH3 is 2. The Balaban J connectivity index is 1.74. The van der Waals surface area contributed by atoms with Crippen molar-refractivity contribution in [2.45, 2.75) is 32.3 Å². The van der Waals surface area contributed by atoms with Crippen molar-refractivity contribution >= 4 is 28.2 Å². The van der Waals surface area contributed by atoms with Crippen molar-refractivity contribution in [3.8, 4) is 11.5 Å². The fourth-order valence-corrected chi connectivity index (χ4v) is 4.24. The van der Waals surface area contributed by atoms with Crippen LogP contribution in [0.15, 0.2) is 24.3 Å². The summed E-state index contributed by atoms with van der Waals surface area (Å²) in [5.41, 5.74) is 1.48. The number of amides is 1. The Morgan fingerprint density at radius 2 is 1.96 bits per heavy atom. The van der Waals surface area contributed by atoms with E-state index in [9.17, 15) is 9.59 Å². The largest absolute Gasteiger partial charge is 0.497 e. The van der Waals surface area contributed by atoms with Gasteiger partial charge in [-0.15, -0.1) is 11.3 Å². The number of esters is 1. The molecule has 0 spiro atoms. The van der Waals surface area contributed by atoms with E-state index >= 15 is 0 Å². The molecule has 0 fully saturated rings. The lowest BCUT2D eigenvalue weighted by molar-refractivity contribution is -0.122. The number of fused-ring (bicyclic) bond motifs is 1. The SMILES string of the molecule is COC(=O)c1c(NC(=O)C(C)Oc2cccc(OC)c2)sc2c1CCC2. The summed E-state index contributed by atoms with van der Waals surface area (Å²) in [6.07, 6.45) is 2.05. The molecule has 0 saturated carbocycles. The van der Waals surface area contributed by atoms with Gasteiger partial charge in [0.05, 0.1) is 19.8 Å². The van der Waals surface area contributed by atoms with E-state index in [0.29, 0.717) is 22.1 Å². The van der Waals surface area contributed by atoms with Crippen LogP contribution in [0.3, 0.4) is 0 Å². The van der Waals surface area contributed by atoms with Crippen LogP contribution in [0.2, 0.25) is 0 Å². The molecule has 6 nitrogen and oxygen atoms in total. The van der Waals surface area contributed by atoms with Gasteiger partial charge >= 0.3 is 5.97 Å². The van der Waals surface area contributed by atoms with Crippen molar-refractivity contribution in [3.05, 3.63) is 40.3 Å². The van der Waals surface area contributed by atoms with Gasteiger partial charge in [-0.25, -0.2) is 4.79 Å². The predicted octanol–water partition coefficient (Wildman–Crippen LogP) is 3.44. The predicted molar refractivity (Wildman–Crippen MR) is 99.4 cm³/mol. The molecule has 1 heterocycles. The van der Waals surface area contributed by atoms with Gasteiger partial charge in [-0.05, 0) is 43.9 Å². The van der Waals surface area contributed by atoms with Crippen LogP contribution in [0.25, 0.3) is 0 Å². The lowest BCUT2D eigenvalue weighted by Crippen LogP contribution is -2.30. The first-order valence-electron chi connectivity index (χ1n) is 8.38. The summed E-state index contributed by atoms with van der Waals surface area (Å²) in [4.78, 5) is 25.8. The highest BCUT2D eigenvalue weighted by Gasteiger charge is 2.29. The van der Waals surface area contributed by atoms with Crippen LogP contribution in [0.4, 0.5) is 5.00 Å². The molecule has 0 saturated heterocycles. The Morgan fingerprint density at radius 3 is 2.69 bits per heavy atom. The normalized spacial score (nSPS) is 13.7. The van der Waals surface area contributed by atoms with E-state index in [4.69, 9.17) is 14.2 Å². The molecule has 0 radical (unpaired) electrons. The number of benzene rings is 1. The van der Waals surface area contributed by atoms with Crippen molar-refractivity contribution in [2.75, 3.05) is 19.5 Å². The summed E-state index contributed by atoms with van der Waals surface area (Å²) in [5, 5.41) is 3.36. The van der Waals surface area contributed by atoms with Crippen molar-refractivity contribution in [2.24, 2.45) is 0 Å². The van der Waals surface area contributed by atoms with Crippen molar-refractivity contribution < 1.29 is 23.8 Å². The summed E-state index contributed by atoms with van der Waals surface area (Å²) >= 11 is 1.44. The zero-order valence-corrected chi connectivity index (χ0v) is 15.8. The van der Waals surface area contributed by atoms with Crippen molar-refractivity contribution in [1.29, 1.82) is 0 Å². The average Bonchev–Trinajstić information content (AvgIpc) is 3.21. The van der Waals surface area contributed by atoms with Crippen molar-refractivity contribution in [1.82, 2.24) is 0 Å². The molecule has 2 aromatic rings. The first kappa shape index (κ1) is 18.3. The van der Waals surface area contributed by atoms with Crippen LogP contribution in [0.1, 0.15) is 34.1 Å². The summed E-state index contributed by atoms with van der Waals surface area (Å²) in [6, 6.07) is 7.06. The second kappa shape index (κ2) is 7.78. The number of nitrogens with one attached hydrogen (secondary N) is 1. The fraction of sp³-hybridized carbons (Fsp3) is 0.368. The number of carbonyl (C=O) groups is 2. The minimum absolute atomic E-state index is 0.321. The molecular formula is C19H21NO5S. The number of hydrogen-bond donors (Lipinski definition) is 1. The van der Waals surface area contributed by atoms with Gasteiger partial charge in [0.2, 0.25) is 0 Å². The molecule has 26 heavy (non-hydrogen) atoms. The molecule has 7 heteroatoms. The summed E-state index contributed by atoms with van der Waals surface area (Å²) in [5.74, 6) is 0.450. The summed E-state index contributed by atoms with van der Waals surface area (Å²) < 4.78 is 15.7. The maximum absolute atomic E-state index is 12.5. The molecule has 1 amide bonds. The number of carbonyl (C=O) groups excluding carboxylic acids is 2. The highest BCUT2D eigenvalue weighted by molar-refractivity contribution is 7.17. The highest BCUT2D eigenvalue weighted by atomic mass is 32.1. The lowest BCUT2D eigenvalue weighted by Gasteiger charge is -2.15. The number of anilines is 1. The Kier molecular flexibility index (Phi) is 5.46. The number of rotatable bonds is 6. The van der Waals surface area contributed by atoms with Gasteiger partial charge in [-0.3, -0.25) is 4.79 Å². The molecule has 1 aliphatic carbocycles. The van der Waals surface area contributed by atoms with Gasteiger partial charge < -0.3 is 19.5 Å². The molecule has 1 aliphatic rings. The molecular weight excluding hydrogens is 354 g/mol. The number of thiophene rings is 1. The minimum atomic E-state index is -0.732. The quantitative estimate of drug-likeness (QED) is 0.783. The van der Waals surface area contributed by atoms with Gasteiger partial charge in [-0.2, -0.15) is 0 Å². The van der Waals surface area contributed by atoms with Gasteiger partial charge in [0.25, 0.3) is 5.91 Å². The Bertz CT molecular complexity index is 829. The van der Waals surface area contributed by atoms with E-state index in [0.717, 1.165) is 29.7 Å². The molecule has 0 aliphatic heterocycles. The van der Waals surface area contributed by atoms with Gasteiger partial charge in [0.15, 0.2) is 6.10 Å². The maximum atomic E-state index is 12.5. The molecule has 1 atom stereocenters. The molecule has 1 N–H and O–H groups in total. The van der Waals surface area contributed by atoms with Crippen LogP contribution in [-0.4, -0.2) is 32.2 Å². The Morgan fingerprint density at radius 1 is 1.19 bits per heavy atom. The standard InChI is InChI=1S/C19H21NO5S/c1-11(25-13-7-4-6-12(10-13)23-2)17(21)20-18-16(19(22)24-3)14-8-5-9-15(14)26-18/h4,6-7,10-11H,5,8-9H2,1-3H3,(H,20,21). The molecule has 3 rings (SSSR count). The van der Waals surface area contributed by atoms with E-state index < -0.39 is 12.1 Å². The monoisotopic (exact) mass is 375 g/mol. The van der Waals surface area contributed by atoms with Crippen LogP contribution in [0.5, 0.6) is 11.5 Å². The second-order valence-electron chi connectivity index (χ2n) is 5.98. The second-order valence-corrected chi connectivity index (χ2v) is 7.09. The van der Waals surface area contributed by atoms with Crippen LogP contribution < -0.4 is 14.8 Å². The van der Waals surface area contributed by atoms with Gasteiger partial charge in [0.1, 0.15) is 16.5 Å². The number of aryl methyl sites for hydroxylation is 1. The number of hydrogen-bond acceptors (Lipinski definition) is 6. The highest BCUT2D eigenvalue weighted by Crippen LogP contribution is 2.39. The third kappa shape index (κ3) is 3.67. The summed E-state index contributed by atoms with van der Waals surface area (Å²) in [7, 11) is 2.92. The Hall–Kier alpha value is -2.54.